The number of benzene rings is 1. The molecular weight excluding hydrogens is 323 g/mol. The minimum absolute atomic E-state index is 0.0336. The van der Waals surface area contributed by atoms with E-state index in [1.165, 1.54) is 42.8 Å². The van der Waals surface area contributed by atoms with E-state index in [4.69, 9.17) is 0 Å². The van der Waals surface area contributed by atoms with Crippen molar-refractivity contribution >= 4 is 23.6 Å². The molecule has 1 aliphatic carbocycles. The van der Waals surface area contributed by atoms with E-state index in [9.17, 15) is 4.39 Å². The van der Waals surface area contributed by atoms with E-state index in [1.807, 2.05) is 18.5 Å². The van der Waals surface area contributed by atoms with E-state index in [0.717, 1.165) is 4.90 Å². The van der Waals surface area contributed by atoms with Crippen LogP contribution in [0.4, 0.5) is 16.0 Å². The number of nitrogens with one attached hydrogen (secondary N) is 2. The molecule has 1 saturated carbocycles. The van der Waals surface area contributed by atoms with E-state index in [2.05, 4.69) is 40.8 Å². The zero-order chi connectivity index (χ0) is 17.2. The lowest BCUT2D eigenvalue weighted by atomic mass is 9.81. The Hall–Kier alpha value is -1.66. The predicted molar refractivity (Wildman–Crippen MR) is 97.1 cm³/mol. The first-order valence-electron chi connectivity index (χ1n) is 8.23. The second-order valence-electron chi connectivity index (χ2n) is 7.19. The standard InChI is InChI=1S/C18H23FN4S/c1-18(2,3)23-24-14-7-8-16(15(19)9-14)22-17-20-10-13(11-21-17)12-5-4-6-12/h7-12,23H,4-6H2,1-3H3,(H,20,21,22). The molecule has 24 heavy (non-hydrogen) atoms. The molecule has 0 radical (unpaired) electrons. The Morgan fingerprint density at radius 1 is 1.17 bits per heavy atom. The van der Waals surface area contributed by atoms with Gasteiger partial charge >= 0.3 is 0 Å². The van der Waals surface area contributed by atoms with E-state index in [1.54, 1.807) is 6.07 Å². The normalized spacial score (nSPS) is 15.2. The smallest absolute Gasteiger partial charge is 0.227 e. The maximum Gasteiger partial charge on any atom is 0.227 e. The molecule has 128 valence electrons. The minimum atomic E-state index is -0.317. The Morgan fingerprint density at radius 2 is 1.88 bits per heavy atom. The van der Waals surface area contributed by atoms with E-state index < -0.39 is 0 Å². The number of halogens is 1. The molecule has 0 unspecified atom stereocenters. The zero-order valence-electron chi connectivity index (χ0n) is 14.3. The SMILES string of the molecule is CC(C)(C)NSc1ccc(Nc2ncc(C3CCC3)cn2)c(F)c1. The van der Waals surface area contributed by atoms with Crippen LogP contribution in [-0.4, -0.2) is 15.5 Å². The van der Waals surface area contributed by atoms with Crippen molar-refractivity contribution in [2.75, 3.05) is 5.32 Å². The van der Waals surface area contributed by atoms with Crippen LogP contribution in [0.3, 0.4) is 0 Å². The van der Waals surface area contributed by atoms with Crippen LogP contribution in [-0.2, 0) is 0 Å². The first kappa shape index (κ1) is 17.2. The Bertz CT molecular complexity index is 693. The highest BCUT2D eigenvalue weighted by atomic mass is 32.2. The van der Waals surface area contributed by atoms with Gasteiger partial charge in [-0.2, -0.15) is 0 Å². The third kappa shape index (κ3) is 4.45. The number of rotatable bonds is 5. The third-order valence-corrected chi connectivity index (χ3v) is 5.11. The largest absolute Gasteiger partial charge is 0.322 e. The molecule has 0 bridgehead atoms. The molecule has 0 amide bonds. The second-order valence-corrected chi connectivity index (χ2v) is 8.07. The molecule has 0 spiro atoms. The maximum atomic E-state index is 14.3. The summed E-state index contributed by atoms with van der Waals surface area (Å²) in [6.45, 7) is 6.20. The minimum Gasteiger partial charge on any atom is -0.322 e. The fraction of sp³-hybridized carbons (Fsp3) is 0.444. The highest BCUT2D eigenvalue weighted by molar-refractivity contribution is 7.97. The number of nitrogens with zero attached hydrogens (tertiary/aromatic N) is 2. The quantitative estimate of drug-likeness (QED) is 0.744. The summed E-state index contributed by atoms with van der Waals surface area (Å²) < 4.78 is 17.5. The number of anilines is 2. The summed E-state index contributed by atoms with van der Waals surface area (Å²) in [4.78, 5) is 9.43. The Kier molecular flexibility index (Phi) is 5.06. The van der Waals surface area contributed by atoms with Gasteiger partial charge in [-0.1, -0.05) is 6.42 Å². The van der Waals surface area contributed by atoms with Crippen LogP contribution in [0.25, 0.3) is 0 Å². The van der Waals surface area contributed by atoms with Gasteiger partial charge < -0.3 is 5.32 Å². The molecule has 4 nitrogen and oxygen atoms in total. The lowest BCUT2D eigenvalue weighted by molar-refractivity contribution is 0.418. The number of aromatic nitrogens is 2. The van der Waals surface area contributed by atoms with Crippen LogP contribution in [0.5, 0.6) is 0 Å². The van der Waals surface area contributed by atoms with Gasteiger partial charge in [-0.25, -0.2) is 14.4 Å². The molecule has 1 fully saturated rings. The number of hydrogen-bond donors (Lipinski definition) is 2. The van der Waals surface area contributed by atoms with Gasteiger partial charge in [-0.15, -0.1) is 0 Å². The lowest BCUT2D eigenvalue weighted by Gasteiger charge is -2.24. The van der Waals surface area contributed by atoms with Crippen LogP contribution in [0.15, 0.2) is 35.5 Å². The molecule has 1 heterocycles. The van der Waals surface area contributed by atoms with Gasteiger partial charge in [-0.05, 0) is 75.2 Å². The highest BCUT2D eigenvalue weighted by Crippen LogP contribution is 2.35. The summed E-state index contributed by atoms with van der Waals surface area (Å²) >= 11 is 1.42. The van der Waals surface area contributed by atoms with Crippen molar-refractivity contribution in [2.24, 2.45) is 0 Å². The van der Waals surface area contributed by atoms with Crippen LogP contribution in [0.2, 0.25) is 0 Å². The van der Waals surface area contributed by atoms with Gasteiger partial charge in [-0.3, -0.25) is 4.72 Å². The average Bonchev–Trinajstić information content (AvgIpc) is 2.47. The molecule has 1 aromatic carbocycles. The predicted octanol–water partition coefficient (Wildman–Crippen LogP) is 5.02. The third-order valence-electron chi connectivity index (χ3n) is 3.91. The second kappa shape index (κ2) is 7.07. The summed E-state index contributed by atoms with van der Waals surface area (Å²) in [6, 6.07) is 5.09. The van der Waals surface area contributed by atoms with Crippen LogP contribution in [0, 0.1) is 5.82 Å². The van der Waals surface area contributed by atoms with Crippen LogP contribution < -0.4 is 10.0 Å². The summed E-state index contributed by atoms with van der Waals surface area (Å²) in [5.74, 6) is 0.704. The molecule has 1 aromatic heterocycles. The Labute approximate surface area is 146 Å². The molecule has 6 heteroatoms. The van der Waals surface area contributed by atoms with Crippen LogP contribution in [0.1, 0.15) is 51.5 Å². The zero-order valence-corrected chi connectivity index (χ0v) is 15.1. The Morgan fingerprint density at radius 3 is 2.42 bits per heavy atom. The monoisotopic (exact) mass is 346 g/mol. The molecule has 0 aliphatic heterocycles. The molecule has 2 N–H and O–H groups in total. The summed E-state index contributed by atoms with van der Waals surface area (Å²) in [5, 5.41) is 2.95. The van der Waals surface area contributed by atoms with E-state index >= 15 is 0 Å². The molecule has 0 saturated heterocycles. The number of hydrogen-bond acceptors (Lipinski definition) is 5. The van der Waals surface area contributed by atoms with Gasteiger partial charge in [0, 0.05) is 22.8 Å². The van der Waals surface area contributed by atoms with Gasteiger partial charge in [0.05, 0.1) is 5.69 Å². The van der Waals surface area contributed by atoms with Crippen molar-refractivity contribution in [3.63, 3.8) is 0 Å². The van der Waals surface area contributed by atoms with Gasteiger partial charge in [0.2, 0.25) is 5.95 Å². The van der Waals surface area contributed by atoms with Crippen molar-refractivity contribution in [3.05, 3.63) is 42.0 Å². The average molecular weight is 346 g/mol. The van der Waals surface area contributed by atoms with Crippen molar-refractivity contribution in [1.82, 2.24) is 14.7 Å². The first-order chi connectivity index (χ1) is 11.4. The summed E-state index contributed by atoms with van der Waals surface area (Å²) in [6.07, 6.45) is 7.40. The fourth-order valence-electron chi connectivity index (χ4n) is 2.35. The van der Waals surface area contributed by atoms with E-state index in [0.29, 0.717) is 17.6 Å². The van der Waals surface area contributed by atoms with Gasteiger partial charge in [0.15, 0.2) is 0 Å². The first-order valence-corrected chi connectivity index (χ1v) is 9.05. The van der Waals surface area contributed by atoms with Crippen molar-refractivity contribution < 1.29 is 4.39 Å². The fourth-order valence-corrected chi connectivity index (χ4v) is 3.07. The highest BCUT2D eigenvalue weighted by Gasteiger charge is 2.20. The topological polar surface area (TPSA) is 49.8 Å². The van der Waals surface area contributed by atoms with Crippen molar-refractivity contribution in [3.8, 4) is 0 Å². The van der Waals surface area contributed by atoms with Gasteiger partial charge in [0.25, 0.3) is 0 Å². The molecule has 1 aliphatic rings. The van der Waals surface area contributed by atoms with E-state index in [-0.39, 0.29) is 11.4 Å². The molecular formula is C18H23FN4S. The van der Waals surface area contributed by atoms with Gasteiger partial charge in [0.1, 0.15) is 5.82 Å². The van der Waals surface area contributed by atoms with Crippen molar-refractivity contribution in [2.45, 2.75) is 56.4 Å². The molecule has 3 rings (SSSR count). The summed E-state index contributed by atoms with van der Waals surface area (Å²) in [7, 11) is 0. The Balaban J connectivity index is 1.64. The van der Waals surface area contributed by atoms with Crippen LogP contribution >= 0.6 is 11.9 Å². The lowest BCUT2D eigenvalue weighted by Crippen LogP contribution is -2.29. The maximum absolute atomic E-state index is 14.3. The molecule has 2 aromatic rings. The summed E-state index contributed by atoms with van der Waals surface area (Å²) in [5.41, 5.74) is 1.52. The van der Waals surface area contributed by atoms with Crippen molar-refractivity contribution in [1.29, 1.82) is 0 Å². The molecule has 0 atom stereocenters.